The maximum Gasteiger partial charge on any atom is 0.226 e. The van der Waals surface area contributed by atoms with Gasteiger partial charge in [0.25, 0.3) is 0 Å². The van der Waals surface area contributed by atoms with Crippen LogP contribution in [0.2, 0.25) is 0 Å². The predicted molar refractivity (Wildman–Crippen MR) is 79.4 cm³/mol. The number of hydrogen-bond donors (Lipinski definition) is 1. The van der Waals surface area contributed by atoms with Crippen molar-refractivity contribution in [2.75, 3.05) is 11.9 Å². The van der Waals surface area contributed by atoms with Gasteiger partial charge in [-0.15, -0.1) is 0 Å². The molecule has 0 fully saturated rings. The third-order valence-electron chi connectivity index (χ3n) is 3.09. The molecular weight excluding hydrogens is 287 g/mol. The molecule has 0 atom stereocenters. The van der Waals surface area contributed by atoms with Gasteiger partial charge in [-0.25, -0.2) is 4.39 Å². The number of furan rings is 1. The Bertz CT molecular complexity index is 641. The Morgan fingerprint density at radius 2 is 2.09 bits per heavy atom. The molecule has 0 spiro atoms. The Labute approximate surface area is 127 Å². The lowest BCUT2D eigenvalue weighted by molar-refractivity contribution is -0.130. The van der Waals surface area contributed by atoms with Gasteiger partial charge in [0.05, 0.1) is 12.8 Å². The van der Waals surface area contributed by atoms with E-state index in [0.29, 0.717) is 18.0 Å². The minimum absolute atomic E-state index is 0.122. The molecule has 0 saturated heterocycles. The van der Waals surface area contributed by atoms with Gasteiger partial charge in [0, 0.05) is 25.6 Å². The van der Waals surface area contributed by atoms with Gasteiger partial charge in [0.15, 0.2) is 0 Å². The van der Waals surface area contributed by atoms with E-state index in [1.165, 1.54) is 36.3 Å². The lowest BCUT2D eigenvalue weighted by Crippen LogP contribution is -2.31. The number of carbonyl (C=O) groups is 2. The van der Waals surface area contributed by atoms with Crippen molar-refractivity contribution in [1.82, 2.24) is 4.90 Å². The number of nitrogens with one attached hydrogen (secondary N) is 1. The number of halogens is 1. The number of amides is 2. The molecule has 0 saturated carbocycles. The Balaban J connectivity index is 1.86. The van der Waals surface area contributed by atoms with Crippen LogP contribution in [0.1, 0.15) is 19.1 Å². The second-order valence-corrected chi connectivity index (χ2v) is 4.83. The first-order valence-electron chi connectivity index (χ1n) is 6.88. The van der Waals surface area contributed by atoms with Gasteiger partial charge in [-0.2, -0.15) is 0 Å². The van der Waals surface area contributed by atoms with Crippen molar-refractivity contribution in [3.05, 3.63) is 54.2 Å². The van der Waals surface area contributed by atoms with Crippen LogP contribution in [-0.2, 0) is 16.1 Å². The monoisotopic (exact) mass is 304 g/mol. The maximum atomic E-state index is 13.0. The molecule has 2 aromatic rings. The third kappa shape index (κ3) is 4.73. The number of nitrogens with zero attached hydrogens (tertiary/aromatic N) is 1. The van der Waals surface area contributed by atoms with Gasteiger partial charge in [0.2, 0.25) is 11.8 Å². The van der Waals surface area contributed by atoms with E-state index in [9.17, 15) is 14.0 Å². The minimum atomic E-state index is -0.416. The standard InChI is InChI=1S/C16H17FN2O3/c1-12(20)19(11-15-6-3-9-22-15)8-7-16(21)18-14-5-2-4-13(17)10-14/h2-6,9-10H,7-8,11H2,1H3,(H,18,21). The highest BCUT2D eigenvalue weighted by Crippen LogP contribution is 2.10. The first-order chi connectivity index (χ1) is 10.5. The molecule has 5 nitrogen and oxygen atoms in total. The van der Waals surface area contributed by atoms with E-state index in [-0.39, 0.29) is 24.8 Å². The second-order valence-electron chi connectivity index (χ2n) is 4.83. The average molecular weight is 304 g/mol. The molecule has 6 heteroatoms. The fourth-order valence-electron chi connectivity index (χ4n) is 1.96. The minimum Gasteiger partial charge on any atom is -0.467 e. The van der Waals surface area contributed by atoms with Crippen LogP contribution in [0.4, 0.5) is 10.1 Å². The summed E-state index contributed by atoms with van der Waals surface area (Å²) in [5.41, 5.74) is 0.394. The summed E-state index contributed by atoms with van der Waals surface area (Å²) >= 11 is 0. The summed E-state index contributed by atoms with van der Waals surface area (Å²) in [6.45, 7) is 2.01. The Kier molecular flexibility index (Phi) is 5.30. The topological polar surface area (TPSA) is 62.6 Å². The molecule has 2 amide bonds. The van der Waals surface area contributed by atoms with E-state index in [0.717, 1.165) is 0 Å². The molecule has 1 aromatic carbocycles. The van der Waals surface area contributed by atoms with Crippen LogP contribution in [0.3, 0.4) is 0 Å². The fraction of sp³-hybridized carbons (Fsp3) is 0.250. The third-order valence-corrected chi connectivity index (χ3v) is 3.09. The van der Waals surface area contributed by atoms with Crippen LogP contribution >= 0.6 is 0 Å². The molecule has 2 rings (SSSR count). The molecule has 0 radical (unpaired) electrons. The van der Waals surface area contributed by atoms with Crippen molar-refractivity contribution < 1.29 is 18.4 Å². The molecule has 0 bridgehead atoms. The molecule has 0 aliphatic heterocycles. The summed E-state index contributed by atoms with van der Waals surface area (Å²) in [5, 5.41) is 2.60. The van der Waals surface area contributed by atoms with Gasteiger partial charge in [-0.05, 0) is 30.3 Å². The quantitative estimate of drug-likeness (QED) is 0.892. The van der Waals surface area contributed by atoms with Crippen LogP contribution in [-0.4, -0.2) is 23.3 Å². The largest absolute Gasteiger partial charge is 0.467 e. The summed E-state index contributed by atoms with van der Waals surface area (Å²) in [5.74, 6) is -0.187. The van der Waals surface area contributed by atoms with Crippen LogP contribution in [0.5, 0.6) is 0 Å². The Morgan fingerprint density at radius 3 is 2.73 bits per heavy atom. The lowest BCUT2D eigenvalue weighted by Gasteiger charge is -2.19. The van der Waals surface area contributed by atoms with Crippen LogP contribution in [0.25, 0.3) is 0 Å². The van der Waals surface area contributed by atoms with E-state index in [1.807, 2.05) is 0 Å². The smallest absolute Gasteiger partial charge is 0.226 e. The van der Waals surface area contributed by atoms with Gasteiger partial charge in [0.1, 0.15) is 11.6 Å². The molecule has 0 unspecified atom stereocenters. The zero-order valence-corrected chi connectivity index (χ0v) is 12.2. The summed E-state index contributed by atoms with van der Waals surface area (Å²) in [6, 6.07) is 9.17. The second kappa shape index (κ2) is 7.40. The Hall–Kier alpha value is -2.63. The number of carbonyl (C=O) groups excluding carboxylic acids is 2. The van der Waals surface area contributed by atoms with E-state index >= 15 is 0 Å². The van der Waals surface area contributed by atoms with E-state index in [4.69, 9.17) is 4.42 Å². The average Bonchev–Trinajstić information content (AvgIpc) is 2.96. The van der Waals surface area contributed by atoms with Gasteiger partial charge < -0.3 is 14.6 Å². The molecule has 22 heavy (non-hydrogen) atoms. The number of rotatable bonds is 6. The molecule has 1 N–H and O–H groups in total. The fourth-order valence-corrected chi connectivity index (χ4v) is 1.96. The van der Waals surface area contributed by atoms with Crippen molar-refractivity contribution in [2.45, 2.75) is 19.9 Å². The highest BCUT2D eigenvalue weighted by molar-refractivity contribution is 5.91. The van der Waals surface area contributed by atoms with Crippen molar-refractivity contribution >= 4 is 17.5 Å². The summed E-state index contributed by atoms with van der Waals surface area (Å²) in [6.07, 6.45) is 1.65. The van der Waals surface area contributed by atoms with Gasteiger partial charge in [-0.3, -0.25) is 9.59 Å². The van der Waals surface area contributed by atoms with Crippen LogP contribution in [0.15, 0.2) is 47.1 Å². The van der Waals surface area contributed by atoms with Crippen molar-refractivity contribution in [3.8, 4) is 0 Å². The molecule has 116 valence electrons. The summed E-state index contributed by atoms with van der Waals surface area (Å²) in [4.78, 5) is 25.0. The molecule has 1 aromatic heterocycles. The van der Waals surface area contributed by atoms with Crippen LogP contribution < -0.4 is 5.32 Å². The SMILES string of the molecule is CC(=O)N(CCC(=O)Nc1cccc(F)c1)Cc1ccco1. The summed E-state index contributed by atoms with van der Waals surface area (Å²) < 4.78 is 18.2. The molecule has 1 heterocycles. The van der Waals surface area contributed by atoms with Crippen LogP contribution in [0, 0.1) is 5.82 Å². The normalized spacial score (nSPS) is 10.3. The van der Waals surface area contributed by atoms with Crippen molar-refractivity contribution in [1.29, 1.82) is 0 Å². The molecule has 0 aliphatic carbocycles. The number of anilines is 1. The molecule has 0 aliphatic rings. The van der Waals surface area contributed by atoms with Gasteiger partial charge >= 0.3 is 0 Å². The van der Waals surface area contributed by atoms with Gasteiger partial charge in [-0.1, -0.05) is 6.07 Å². The van der Waals surface area contributed by atoms with E-state index in [1.54, 1.807) is 18.2 Å². The summed E-state index contributed by atoms with van der Waals surface area (Å²) in [7, 11) is 0. The van der Waals surface area contributed by atoms with E-state index < -0.39 is 5.82 Å². The lowest BCUT2D eigenvalue weighted by atomic mass is 10.3. The van der Waals surface area contributed by atoms with E-state index in [2.05, 4.69) is 5.32 Å². The highest BCUT2D eigenvalue weighted by atomic mass is 19.1. The first kappa shape index (κ1) is 15.8. The maximum absolute atomic E-state index is 13.0. The highest BCUT2D eigenvalue weighted by Gasteiger charge is 2.13. The number of benzene rings is 1. The van der Waals surface area contributed by atoms with Crippen molar-refractivity contribution in [2.24, 2.45) is 0 Å². The number of hydrogen-bond acceptors (Lipinski definition) is 3. The molecular formula is C16H17FN2O3. The first-order valence-corrected chi connectivity index (χ1v) is 6.88. The van der Waals surface area contributed by atoms with Crippen molar-refractivity contribution in [3.63, 3.8) is 0 Å². The zero-order valence-electron chi connectivity index (χ0n) is 12.2. The zero-order chi connectivity index (χ0) is 15.9. The Morgan fingerprint density at radius 1 is 1.27 bits per heavy atom. The predicted octanol–water partition coefficient (Wildman–Crippen LogP) is 2.80.